The Balaban J connectivity index is 2.31. The summed E-state index contributed by atoms with van der Waals surface area (Å²) < 4.78 is 0. The maximum atomic E-state index is 10.7. The van der Waals surface area contributed by atoms with Crippen LogP contribution in [0.25, 0.3) is 0 Å². The Morgan fingerprint density at radius 1 is 1.41 bits per heavy atom. The van der Waals surface area contributed by atoms with Gasteiger partial charge in [-0.25, -0.2) is 0 Å². The number of hydrogen-bond acceptors (Lipinski definition) is 3. The molecule has 1 saturated heterocycles. The van der Waals surface area contributed by atoms with E-state index in [0.29, 0.717) is 12.0 Å². The number of nitro groups is 1. The Morgan fingerprint density at radius 3 is 2.59 bits per heavy atom. The van der Waals surface area contributed by atoms with Crippen LogP contribution in [0, 0.1) is 23.0 Å². The minimum Gasteiger partial charge on any atom is -0.368 e. The third kappa shape index (κ3) is 2.12. The smallest absolute Gasteiger partial charge is 0.269 e. The SMILES string of the molecule is Cc1cc([N+](=O)[O-])ccc1N1CCC(C)C1C. The molecule has 2 unspecified atom stereocenters. The van der Waals surface area contributed by atoms with Crippen LogP contribution >= 0.6 is 0 Å². The standard InChI is InChI=1S/C13H18N2O2/c1-9-6-7-14(11(9)3)13-5-4-12(15(16)17)8-10(13)2/h4-5,8-9,11H,6-7H2,1-3H3. The highest BCUT2D eigenvalue weighted by Crippen LogP contribution is 2.32. The van der Waals surface area contributed by atoms with Crippen LogP contribution in [-0.4, -0.2) is 17.5 Å². The second-order valence-corrected chi connectivity index (χ2v) is 4.93. The highest BCUT2D eigenvalue weighted by atomic mass is 16.6. The Labute approximate surface area is 101 Å². The molecule has 4 nitrogen and oxygen atoms in total. The van der Waals surface area contributed by atoms with E-state index in [4.69, 9.17) is 0 Å². The van der Waals surface area contributed by atoms with E-state index in [2.05, 4.69) is 18.7 Å². The highest BCUT2D eigenvalue weighted by Gasteiger charge is 2.28. The fourth-order valence-corrected chi connectivity index (χ4v) is 2.51. The maximum absolute atomic E-state index is 10.7. The molecule has 0 aliphatic carbocycles. The van der Waals surface area contributed by atoms with E-state index >= 15 is 0 Å². The molecule has 2 rings (SSSR count). The van der Waals surface area contributed by atoms with E-state index < -0.39 is 0 Å². The topological polar surface area (TPSA) is 46.4 Å². The van der Waals surface area contributed by atoms with Crippen LogP contribution in [0.3, 0.4) is 0 Å². The van der Waals surface area contributed by atoms with Crippen LogP contribution in [0.15, 0.2) is 18.2 Å². The molecule has 1 fully saturated rings. The fourth-order valence-electron chi connectivity index (χ4n) is 2.51. The number of rotatable bonds is 2. The van der Waals surface area contributed by atoms with E-state index in [9.17, 15) is 10.1 Å². The first-order valence-corrected chi connectivity index (χ1v) is 6.02. The van der Waals surface area contributed by atoms with E-state index in [1.165, 1.54) is 6.42 Å². The van der Waals surface area contributed by atoms with Gasteiger partial charge in [0, 0.05) is 30.4 Å². The van der Waals surface area contributed by atoms with Gasteiger partial charge >= 0.3 is 0 Å². The zero-order valence-electron chi connectivity index (χ0n) is 10.5. The van der Waals surface area contributed by atoms with E-state index in [-0.39, 0.29) is 10.6 Å². The lowest BCUT2D eigenvalue weighted by molar-refractivity contribution is -0.384. The van der Waals surface area contributed by atoms with Crippen LogP contribution in [-0.2, 0) is 0 Å². The second kappa shape index (κ2) is 4.35. The molecule has 1 aliphatic heterocycles. The lowest BCUT2D eigenvalue weighted by Crippen LogP contribution is -2.29. The zero-order chi connectivity index (χ0) is 12.6. The summed E-state index contributed by atoms with van der Waals surface area (Å²) >= 11 is 0. The Kier molecular flexibility index (Phi) is 3.05. The first-order chi connectivity index (χ1) is 8.00. The summed E-state index contributed by atoms with van der Waals surface area (Å²) in [6, 6.07) is 5.64. The zero-order valence-corrected chi connectivity index (χ0v) is 10.5. The van der Waals surface area contributed by atoms with Gasteiger partial charge in [0.05, 0.1) is 4.92 Å². The normalized spacial score (nSPS) is 24.1. The molecule has 4 heteroatoms. The van der Waals surface area contributed by atoms with Crippen LogP contribution in [0.4, 0.5) is 11.4 Å². The molecule has 1 aliphatic rings. The van der Waals surface area contributed by atoms with Gasteiger partial charge in [0.2, 0.25) is 0 Å². The Morgan fingerprint density at radius 2 is 2.12 bits per heavy atom. The molecule has 0 bridgehead atoms. The number of nitrogens with zero attached hydrogens (tertiary/aromatic N) is 2. The summed E-state index contributed by atoms with van der Waals surface area (Å²) in [4.78, 5) is 12.7. The largest absolute Gasteiger partial charge is 0.368 e. The van der Waals surface area contributed by atoms with Crippen molar-refractivity contribution in [2.24, 2.45) is 5.92 Å². The second-order valence-electron chi connectivity index (χ2n) is 4.93. The summed E-state index contributed by atoms with van der Waals surface area (Å²) in [7, 11) is 0. The van der Waals surface area contributed by atoms with Crippen molar-refractivity contribution in [1.29, 1.82) is 0 Å². The van der Waals surface area contributed by atoms with Gasteiger partial charge in [-0.05, 0) is 37.8 Å². The average molecular weight is 234 g/mol. The molecule has 92 valence electrons. The molecule has 0 N–H and O–H groups in total. The first-order valence-electron chi connectivity index (χ1n) is 6.02. The average Bonchev–Trinajstić information content (AvgIpc) is 2.60. The van der Waals surface area contributed by atoms with Crippen molar-refractivity contribution in [2.45, 2.75) is 33.2 Å². The van der Waals surface area contributed by atoms with Gasteiger partial charge in [-0.2, -0.15) is 0 Å². The molecule has 0 saturated carbocycles. The van der Waals surface area contributed by atoms with Crippen molar-refractivity contribution in [2.75, 3.05) is 11.4 Å². The van der Waals surface area contributed by atoms with Gasteiger partial charge in [0.15, 0.2) is 0 Å². The Bertz CT molecular complexity index is 445. The summed E-state index contributed by atoms with van der Waals surface area (Å²) in [5.74, 6) is 0.685. The predicted octanol–water partition coefficient (Wildman–Crippen LogP) is 3.14. The quantitative estimate of drug-likeness (QED) is 0.583. The third-order valence-corrected chi connectivity index (χ3v) is 3.84. The predicted molar refractivity (Wildman–Crippen MR) is 68.4 cm³/mol. The van der Waals surface area contributed by atoms with E-state index in [1.54, 1.807) is 12.1 Å². The Hall–Kier alpha value is -1.58. The highest BCUT2D eigenvalue weighted by molar-refractivity contribution is 5.58. The molecule has 0 aromatic heterocycles. The monoisotopic (exact) mass is 234 g/mol. The molecule has 0 spiro atoms. The molecule has 2 atom stereocenters. The van der Waals surface area contributed by atoms with Crippen LogP contribution < -0.4 is 4.90 Å². The van der Waals surface area contributed by atoms with Crippen molar-refractivity contribution in [1.82, 2.24) is 0 Å². The number of anilines is 1. The van der Waals surface area contributed by atoms with Crippen molar-refractivity contribution in [3.63, 3.8) is 0 Å². The van der Waals surface area contributed by atoms with Crippen LogP contribution in [0.5, 0.6) is 0 Å². The van der Waals surface area contributed by atoms with Crippen molar-refractivity contribution in [3.8, 4) is 0 Å². The molecule has 0 amide bonds. The van der Waals surface area contributed by atoms with Gasteiger partial charge in [0.25, 0.3) is 5.69 Å². The van der Waals surface area contributed by atoms with Gasteiger partial charge in [-0.15, -0.1) is 0 Å². The molecule has 1 aromatic rings. The van der Waals surface area contributed by atoms with Gasteiger partial charge in [-0.1, -0.05) is 6.92 Å². The summed E-state index contributed by atoms with van der Waals surface area (Å²) in [6.45, 7) is 7.46. The fraction of sp³-hybridized carbons (Fsp3) is 0.538. The minimum atomic E-state index is -0.340. The number of nitro benzene ring substituents is 1. The molecule has 1 heterocycles. The van der Waals surface area contributed by atoms with Gasteiger partial charge in [-0.3, -0.25) is 10.1 Å². The molecule has 0 radical (unpaired) electrons. The minimum absolute atomic E-state index is 0.172. The summed E-state index contributed by atoms with van der Waals surface area (Å²) in [5, 5.41) is 10.7. The number of non-ortho nitro benzene ring substituents is 1. The lowest BCUT2D eigenvalue weighted by Gasteiger charge is -2.27. The van der Waals surface area contributed by atoms with Crippen molar-refractivity contribution in [3.05, 3.63) is 33.9 Å². The van der Waals surface area contributed by atoms with Crippen LogP contribution in [0.2, 0.25) is 0 Å². The maximum Gasteiger partial charge on any atom is 0.269 e. The van der Waals surface area contributed by atoms with Gasteiger partial charge in [0.1, 0.15) is 0 Å². The van der Waals surface area contributed by atoms with Crippen LogP contribution in [0.1, 0.15) is 25.8 Å². The number of aryl methyl sites for hydroxylation is 1. The van der Waals surface area contributed by atoms with E-state index in [1.807, 2.05) is 13.0 Å². The molecule has 17 heavy (non-hydrogen) atoms. The summed E-state index contributed by atoms with van der Waals surface area (Å²) in [5.41, 5.74) is 2.29. The molecular formula is C13H18N2O2. The van der Waals surface area contributed by atoms with Crippen molar-refractivity contribution >= 4 is 11.4 Å². The number of benzene rings is 1. The van der Waals surface area contributed by atoms with Gasteiger partial charge < -0.3 is 4.90 Å². The molecular weight excluding hydrogens is 216 g/mol. The first kappa shape index (κ1) is 11.9. The van der Waals surface area contributed by atoms with Crippen molar-refractivity contribution < 1.29 is 4.92 Å². The third-order valence-electron chi connectivity index (χ3n) is 3.84. The van der Waals surface area contributed by atoms with E-state index in [0.717, 1.165) is 17.8 Å². The molecule has 1 aromatic carbocycles. The lowest BCUT2D eigenvalue weighted by atomic mass is 10.0. The number of hydrogen-bond donors (Lipinski definition) is 0. The summed E-state index contributed by atoms with van der Waals surface area (Å²) in [6.07, 6.45) is 1.19.